The molecule has 0 aliphatic rings. The molecule has 0 amide bonds. The van der Waals surface area contributed by atoms with Gasteiger partial charge < -0.3 is 14.7 Å². The molecule has 0 spiro atoms. The number of hydrogen-bond donors (Lipinski definition) is 1. The fraction of sp³-hybridized carbons (Fsp3) is 0.375. The standard InChI is InChI=1S/C8H11N5O/c1-13-4-6(10-5-13)8-12-11-7(14-8)2-3-9/h4-5H,2-3,9H2,1H3. The van der Waals surface area contributed by atoms with E-state index < -0.39 is 0 Å². The van der Waals surface area contributed by atoms with E-state index in [9.17, 15) is 0 Å². The van der Waals surface area contributed by atoms with Crippen LogP contribution in [-0.2, 0) is 13.5 Å². The highest BCUT2D eigenvalue weighted by atomic mass is 16.4. The van der Waals surface area contributed by atoms with Crippen molar-refractivity contribution in [3.05, 3.63) is 18.4 Å². The summed E-state index contributed by atoms with van der Waals surface area (Å²) in [7, 11) is 1.88. The molecule has 6 nitrogen and oxygen atoms in total. The third-order valence-corrected chi connectivity index (χ3v) is 1.75. The number of nitrogens with zero attached hydrogens (tertiary/aromatic N) is 4. The van der Waals surface area contributed by atoms with Crippen LogP contribution in [0, 0.1) is 0 Å². The number of imidazole rings is 1. The van der Waals surface area contributed by atoms with Crippen LogP contribution in [0.1, 0.15) is 5.89 Å². The Morgan fingerprint density at radius 1 is 1.50 bits per heavy atom. The van der Waals surface area contributed by atoms with Crippen molar-refractivity contribution in [2.24, 2.45) is 12.8 Å². The molecule has 0 saturated heterocycles. The van der Waals surface area contributed by atoms with Gasteiger partial charge in [-0.2, -0.15) is 0 Å². The summed E-state index contributed by atoms with van der Waals surface area (Å²) >= 11 is 0. The summed E-state index contributed by atoms with van der Waals surface area (Å²) in [6, 6.07) is 0. The van der Waals surface area contributed by atoms with Gasteiger partial charge in [0.05, 0.1) is 6.33 Å². The van der Waals surface area contributed by atoms with Crippen LogP contribution in [0.25, 0.3) is 11.6 Å². The predicted molar refractivity (Wildman–Crippen MR) is 49.3 cm³/mol. The van der Waals surface area contributed by atoms with Crippen LogP contribution in [0.4, 0.5) is 0 Å². The van der Waals surface area contributed by atoms with Crippen LogP contribution in [0.2, 0.25) is 0 Å². The van der Waals surface area contributed by atoms with Crippen LogP contribution in [-0.4, -0.2) is 26.3 Å². The van der Waals surface area contributed by atoms with Crippen LogP contribution in [0.3, 0.4) is 0 Å². The van der Waals surface area contributed by atoms with Crippen LogP contribution >= 0.6 is 0 Å². The van der Waals surface area contributed by atoms with Gasteiger partial charge in [-0.15, -0.1) is 10.2 Å². The van der Waals surface area contributed by atoms with E-state index in [1.54, 1.807) is 6.33 Å². The fourth-order valence-corrected chi connectivity index (χ4v) is 1.10. The Kier molecular flexibility index (Phi) is 2.28. The number of rotatable bonds is 3. The Bertz CT molecular complexity index is 419. The smallest absolute Gasteiger partial charge is 0.267 e. The molecule has 0 aliphatic heterocycles. The molecular formula is C8H11N5O. The zero-order valence-corrected chi connectivity index (χ0v) is 7.84. The summed E-state index contributed by atoms with van der Waals surface area (Å²) < 4.78 is 7.17. The van der Waals surface area contributed by atoms with E-state index in [0.29, 0.717) is 30.4 Å². The van der Waals surface area contributed by atoms with Gasteiger partial charge in [0.25, 0.3) is 5.89 Å². The number of nitrogens with two attached hydrogens (primary N) is 1. The lowest BCUT2D eigenvalue weighted by atomic mass is 10.4. The van der Waals surface area contributed by atoms with Gasteiger partial charge in [0.2, 0.25) is 5.89 Å². The van der Waals surface area contributed by atoms with Crippen molar-refractivity contribution >= 4 is 0 Å². The lowest BCUT2D eigenvalue weighted by molar-refractivity contribution is 0.506. The van der Waals surface area contributed by atoms with Crippen molar-refractivity contribution < 1.29 is 4.42 Å². The predicted octanol–water partition coefficient (Wildman–Crippen LogP) is -0.0287. The zero-order valence-electron chi connectivity index (χ0n) is 7.84. The number of aryl methyl sites for hydroxylation is 1. The summed E-state index contributed by atoms with van der Waals surface area (Å²) in [5.41, 5.74) is 6.05. The second-order valence-corrected chi connectivity index (χ2v) is 2.96. The van der Waals surface area contributed by atoms with Crippen LogP contribution in [0.15, 0.2) is 16.9 Å². The molecule has 0 aliphatic carbocycles. The van der Waals surface area contributed by atoms with Gasteiger partial charge in [-0.3, -0.25) is 0 Å². The molecular weight excluding hydrogens is 182 g/mol. The quantitative estimate of drug-likeness (QED) is 0.740. The van der Waals surface area contributed by atoms with E-state index in [2.05, 4.69) is 15.2 Å². The maximum Gasteiger partial charge on any atom is 0.267 e. The average Bonchev–Trinajstić information content (AvgIpc) is 2.74. The van der Waals surface area contributed by atoms with E-state index in [1.807, 2.05) is 17.8 Å². The summed E-state index contributed by atoms with van der Waals surface area (Å²) in [6.07, 6.45) is 4.10. The van der Waals surface area contributed by atoms with Gasteiger partial charge in [-0.25, -0.2) is 4.98 Å². The van der Waals surface area contributed by atoms with Crippen molar-refractivity contribution in [1.29, 1.82) is 0 Å². The van der Waals surface area contributed by atoms with Gasteiger partial charge in [0.15, 0.2) is 0 Å². The van der Waals surface area contributed by atoms with E-state index in [4.69, 9.17) is 10.2 Å². The topological polar surface area (TPSA) is 82.8 Å². The highest BCUT2D eigenvalue weighted by Gasteiger charge is 2.09. The normalized spacial score (nSPS) is 10.7. The molecule has 6 heteroatoms. The minimum absolute atomic E-state index is 0.439. The van der Waals surface area contributed by atoms with Gasteiger partial charge in [-0.05, 0) is 0 Å². The summed E-state index contributed by atoms with van der Waals surface area (Å²) in [5, 5.41) is 7.72. The van der Waals surface area contributed by atoms with Crippen molar-refractivity contribution in [2.75, 3.05) is 6.54 Å². The molecule has 0 saturated carbocycles. The largest absolute Gasteiger partial charge is 0.419 e. The molecule has 2 aromatic rings. The molecule has 2 aromatic heterocycles. The Morgan fingerprint density at radius 2 is 2.36 bits per heavy atom. The molecule has 0 fully saturated rings. The lowest BCUT2D eigenvalue weighted by Gasteiger charge is -1.87. The molecule has 2 rings (SSSR count). The Hall–Kier alpha value is -1.69. The van der Waals surface area contributed by atoms with Crippen LogP contribution in [0.5, 0.6) is 0 Å². The Morgan fingerprint density at radius 3 is 3.00 bits per heavy atom. The molecule has 0 aromatic carbocycles. The van der Waals surface area contributed by atoms with E-state index in [1.165, 1.54) is 0 Å². The monoisotopic (exact) mass is 193 g/mol. The first-order valence-electron chi connectivity index (χ1n) is 4.30. The highest BCUT2D eigenvalue weighted by Crippen LogP contribution is 2.14. The third-order valence-electron chi connectivity index (χ3n) is 1.75. The minimum atomic E-state index is 0.439. The Balaban J connectivity index is 2.24. The van der Waals surface area contributed by atoms with Gasteiger partial charge in [0, 0.05) is 26.2 Å². The minimum Gasteiger partial charge on any atom is -0.419 e. The van der Waals surface area contributed by atoms with Gasteiger partial charge >= 0.3 is 0 Å². The second-order valence-electron chi connectivity index (χ2n) is 2.96. The molecule has 2 N–H and O–H groups in total. The summed E-state index contributed by atoms with van der Waals surface area (Å²) in [4.78, 5) is 4.09. The third kappa shape index (κ3) is 1.64. The van der Waals surface area contributed by atoms with Gasteiger partial charge in [-0.1, -0.05) is 0 Å². The first-order valence-corrected chi connectivity index (χ1v) is 4.30. The number of hydrogen-bond acceptors (Lipinski definition) is 5. The molecule has 74 valence electrons. The molecule has 0 unspecified atom stereocenters. The second kappa shape index (κ2) is 3.59. The van der Waals surface area contributed by atoms with Gasteiger partial charge in [0.1, 0.15) is 5.69 Å². The van der Waals surface area contributed by atoms with Crippen molar-refractivity contribution in [1.82, 2.24) is 19.7 Å². The Labute approximate surface area is 80.8 Å². The molecule has 0 atom stereocenters. The molecule has 14 heavy (non-hydrogen) atoms. The highest BCUT2D eigenvalue weighted by molar-refractivity contribution is 5.43. The maximum absolute atomic E-state index is 5.37. The molecule has 2 heterocycles. The van der Waals surface area contributed by atoms with Crippen LogP contribution < -0.4 is 5.73 Å². The van der Waals surface area contributed by atoms with E-state index in [-0.39, 0.29) is 0 Å². The number of aromatic nitrogens is 4. The average molecular weight is 193 g/mol. The van der Waals surface area contributed by atoms with Crippen molar-refractivity contribution in [2.45, 2.75) is 6.42 Å². The summed E-state index contributed by atoms with van der Waals surface area (Å²) in [6.45, 7) is 0.504. The lowest BCUT2D eigenvalue weighted by Crippen LogP contribution is -2.02. The van der Waals surface area contributed by atoms with Crippen molar-refractivity contribution in [3.63, 3.8) is 0 Å². The SMILES string of the molecule is Cn1cnc(-c2nnc(CCN)o2)c1. The molecule has 0 radical (unpaired) electrons. The maximum atomic E-state index is 5.37. The van der Waals surface area contributed by atoms with Crippen molar-refractivity contribution in [3.8, 4) is 11.6 Å². The first kappa shape index (κ1) is 8.89. The molecule has 0 bridgehead atoms. The van der Waals surface area contributed by atoms with E-state index >= 15 is 0 Å². The zero-order chi connectivity index (χ0) is 9.97. The summed E-state index contributed by atoms with van der Waals surface area (Å²) in [5.74, 6) is 0.988. The fourth-order valence-electron chi connectivity index (χ4n) is 1.10. The first-order chi connectivity index (χ1) is 6.79. The van der Waals surface area contributed by atoms with E-state index in [0.717, 1.165) is 0 Å².